The summed E-state index contributed by atoms with van der Waals surface area (Å²) in [6.45, 7) is 5.69. The molecule has 0 saturated carbocycles. The van der Waals surface area contributed by atoms with Crippen molar-refractivity contribution in [1.29, 1.82) is 0 Å². The summed E-state index contributed by atoms with van der Waals surface area (Å²) in [5.74, 6) is -0.705. The van der Waals surface area contributed by atoms with E-state index in [0.29, 0.717) is 25.6 Å². The molecular formula is C15H27N3O4. The van der Waals surface area contributed by atoms with Crippen molar-refractivity contribution < 1.29 is 19.5 Å². The Kier molecular flexibility index (Phi) is 7.14. The van der Waals surface area contributed by atoms with Gasteiger partial charge in [-0.1, -0.05) is 13.8 Å². The van der Waals surface area contributed by atoms with Gasteiger partial charge in [0, 0.05) is 33.1 Å². The van der Waals surface area contributed by atoms with Crippen LogP contribution in [0, 0.1) is 11.8 Å². The lowest BCUT2D eigenvalue weighted by Gasteiger charge is -2.33. The maximum atomic E-state index is 12.1. The molecule has 1 fully saturated rings. The second-order valence-corrected chi connectivity index (χ2v) is 6.38. The summed E-state index contributed by atoms with van der Waals surface area (Å²) < 4.78 is 0. The van der Waals surface area contributed by atoms with Crippen molar-refractivity contribution in [2.45, 2.75) is 33.1 Å². The van der Waals surface area contributed by atoms with E-state index >= 15 is 0 Å². The molecule has 2 N–H and O–H groups in total. The number of hydrogen-bond donors (Lipinski definition) is 2. The van der Waals surface area contributed by atoms with Gasteiger partial charge in [-0.2, -0.15) is 0 Å². The Bertz CT molecular complexity index is 412. The summed E-state index contributed by atoms with van der Waals surface area (Å²) in [6, 6.07) is -0.0789. The fourth-order valence-corrected chi connectivity index (χ4v) is 2.51. The van der Waals surface area contributed by atoms with Gasteiger partial charge in [-0.3, -0.25) is 9.59 Å². The lowest BCUT2D eigenvalue weighted by Crippen LogP contribution is -2.47. The van der Waals surface area contributed by atoms with E-state index in [9.17, 15) is 14.4 Å². The third-order valence-corrected chi connectivity index (χ3v) is 3.73. The number of carbonyl (C=O) groups is 3. The highest BCUT2D eigenvalue weighted by atomic mass is 16.4. The zero-order chi connectivity index (χ0) is 16.7. The van der Waals surface area contributed by atoms with Crippen molar-refractivity contribution in [3.05, 3.63) is 0 Å². The minimum atomic E-state index is -1.02. The molecule has 1 saturated heterocycles. The summed E-state index contributed by atoms with van der Waals surface area (Å²) >= 11 is 0. The number of likely N-dealkylation sites (N-methyl/N-ethyl adjacent to an activating group) is 1. The predicted octanol–water partition coefficient (Wildman–Crippen LogP) is 0.997. The molecule has 126 valence electrons. The molecule has 1 aliphatic heterocycles. The molecule has 1 rings (SSSR count). The molecule has 1 heterocycles. The first-order chi connectivity index (χ1) is 10.3. The van der Waals surface area contributed by atoms with E-state index in [0.717, 1.165) is 12.8 Å². The minimum absolute atomic E-state index is 0.0789. The summed E-state index contributed by atoms with van der Waals surface area (Å²) in [6.07, 6.45) is 2.05. The Labute approximate surface area is 131 Å². The summed E-state index contributed by atoms with van der Waals surface area (Å²) in [7, 11) is 1.49. The number of likely N-dealkylation sites (tertiary alicyclic amines) is 1. The van der Waals surface area contributed by atoms with Crippen LogP contribution in [-0.4, -0.2) is 66.0 Å². The van der Waals surface area contributed by atoms with E-state index in [1.54, 1.807) is 4.90 Å². The highest BCUT2D eigenvalue weighted by Gasteiger charge is 2.26. The van der Waals surface area contributed by atoms with Gasteiger partial charge in [-0.25, -0.2) is 4.79 Å². The average Bonchev–Trinajstić information content (AvgIpc) is 2.44. The molecule has 7 heteroatoms. The molecule has 0 aromatic heterocycles. The van der Waals surface area contributed by atoms with Gasteiger partial charge in [-0.15, -0.1) is 0 Å². The SMILES string of the molecule is CC(C)CNC(=O)N1CCCC(CC(=O)N(C)CC(=O)O)C1. The number of aliphatic carboxylic acids is 1. The molecule has 0 bridgehead atoms. The quantitative estimate of drug-likeness (QED) is 0.765. The number of carboxylic acid groups (broad SMARTS) is 1. The van der Waals surface area contributed by atoms with Crippen molar-refractivity contribution in [1.82, 2.24) is 15.1 Å². The van der Waals surface area contributed by atoms with Crippen LogP contribution in [0.1, 0.15) is 33.1 Å². The van der Waals surface area contributed by atoms with Crippen molar-refractivity contribution in [2.24, 2.45) is 11.8 Å². The number of piperidine rings is 1. The molecule has 0 aromatic carbocycles. The molecule has 0 radical (unpaired) electrons. The molecule has 0 aliphatic carbocycles. The molecule has 7 nitrogen and oxygen atoms in total. The minimum Gasteiger partial charge on any atom is -0.480 e. The third kappa shape index (κ3) is 6.32. The molecule has 3 amide bonds. The molecule has 1 atom stereocenters. The number of hydrogen-bond acceptors (Lipinski definition) is 3. The standard InChI is InChI=1S/C15H27N3O4/c1-11(2)8-16-15(22)18-6-4-5-12(9-18)7-13(19)17(3)10-14(20)21/h11-12H,4-10H2,1-3H3,(H,16,22)(H,20,21). The number of carboxylic acids is 1. The Morgan fingerprint density at radius 3 is 2.64 bits per heavy atom. The van der Waals surface area contributed by atoms with E-state index in [4.69, 9.17) is 5.11 Å². The molecule has 0 spiro atoms. The zero-order valence-electron chi connectivity index (χ0n) is 13.7. The van der Waals surface area contributed by atoms with Crippen LogP contribution >= 0.6 is 0 Å². The number of rotatable bonds is 6. The fourth-order valence-electron chi connectivity index (χ4n) is 2.51. The van der Waals surface area contributed by atoms with Crippen LogP contribution in [0.4, 0.5) is 4.79 Å². The van der Waals surface area contributed by atoms with Crippen LogP contribution in [-0.2, 0) is 9.59 Å². The largest absolute Gasteiger partial charge is 0.480 e. The topological polar surface area (TPSA) is 90.0 Å². The van der Waals surface area contributed by atoms with E-state index < -0.39 is 5.97 Å². The number of urea groups is 1. The van der Waals surface area contributed by atoms with Crippen molar-refractivity contribution in [3.63, 3.8) is 0 Å². The number of amides is 3. The van der Waals surface area contributed by atoms with Gasteiger partial charge in [0.25, 0.3) is 0 Å². The monoisotopic (exact) mass is 313 g/mol. The normalized spacial score (nSPS) is 18.2. The van der Waals surface area contributed by atoms with E-state index in [2.05, 4.69) is 5.32 Å². The lowest BCUT2D eigenvalue weighted by molar-refractivity contribution is -0.143. The van der Waals surface area contributed by atoms with Crippen LogP contribution in [0.15, 0.2) is 0 Å². The fraction of sp³-hybridized carbons (Fsp3) is 0.800. The second kappa shape index (κ2) is 8.60. The first-order valence-corrected chi connectivity index (χ1v) is 7.78. The van der Waals surface area contributed by atoms with Gasteiger partial charge < -0.3 is 20.2 Å². The third-order valence-electron chi connectivity index (χ3n) is 3.73. The molecule has 0 aromatic rings. The van der Waals surface area contributed by atoms with Crippen molar-refractivity contribution >= 4 is 17.9 Å². The first kappa shape index (κ1) is 18.3. The van der Waals surface area contributed by atoms with Gasteiger partial charge in [0.15, 0.2) is 0 Å². The average molecular weight is 313 g/mol. The Balaban J connectivity index is 2.44. The smallest absolute Gasteiger partial charge is 0.323 e. The lowest BCUT2D eigenvalue weighted by atomic mass is 9.94. The molecule has 1 aliphatic rings. The van der Waals surface area contributed by atoms with Crippen LogP contribution in [0.2, 0.25) is 0 Å². The summed E-state index contributed by atoms with van der Waals surface area (Å²) in [5, 5.41) is 11.6. The molecule has 1 unspecified atom stereocenters. The number of nitrogens with one attached hydrogen (secondary N) is 1. The highest BCUT2D eigenvalue weighted by Crippen LogP contribution is 2.20. The van der Waals surface area contributed by atoms with Crippen LogP contribution in [0.3, 0.4) is 0 Å². The second-order valence-electron chi connectivity index (χ2n) is 6.38. The molecular weight excluding hydrogens is 286 g/mol. The predicted molar refractivity (Wildman–Crippen MR) is 82.4 cm³/mol. The molecule has 22 heavy (non-hydrogen) atoms. The first-order valence-electron chi connectivity index (χ1n) is 7.78. The van der Waals surface area contributed by atoms with E-state index in [1.165, 1.54) is 11.9 Å². The zero-order valence-corrected chi connectivity index (χ0v) is 13.7. The Morgan fingerprint density at radius 1 is 1.36 bits per heavy atom. The number of carbonyl (C=O) groups excluding carboxylic acids is 2. The highest BCUT2D eigenvalue weighted by molar-refractivity contribution is 5.81. The number of nitrogens with zero attached hydrogens (tertiary/aromatic N) is 2. The van der Waals surface area contributed by atoms with Gasteiger partial charge in [-0.05, 0) is 24.7 Å². The van der Waals surface area contributed by atoms with Gasteiger partial charge in [0.05, 0.1) is 0 Å². The van der Waals surface area contributed by atoms with E-state index in [-0.39, 0.29) is 30.8 Å². The van der Waals surface area contributed by atoms with Gasteiger partial charge in [0.1, 0.15) is 6.54 Å². The maximum Gasteiger partial charge on any atom is 0.323 e. The Hall–Kier alpha value is -1.79. The van der Waals surface area contributed by atoms with Gasteiger partial charge in [0.2, 0.25) is 5.91 Å². The van der Waals surface area contributed by atoms with Crippen LogP contribution < -0.4 is 5.32 Å². The van der Waals surface area contributed by atoms with Crippen molar-refractivity contribution in [3.8, 4) is 0 Å². The van der Waals surface area contributed by atoms with Crippen molar-refractivity contribution in [2.75, 3.05) is 33.2 Å². The van der Waals surface area contributed by atoms with Crippen LogP contribution in [0.5, 0.6) is 0 Å². The van der Waals surface area contributed by atoms with E-state index in [1.807, 2.05) is 13.8 Å². The van der Waals surface area contributed by atoms with Gasteiger partial charge >= 0.3 is 12.0 Å². The van der Waals surface area contributed by atoms with Crippen LogP contribution in [0.25, 0.3) is 0 Å². The maximum absolute atomic E-state index is 12.1. The Morgan fingerprint density at radius 2 is 2.05 bits per heavy atom. The summed E-state index contributed by atoms with van der Waals surface area (Å²) in [4.78, 5) is 37.6. The summed E-state index contributed by atoms with van der Waals surface area (Å²) in [5.41, 5.74) is 0.